The number of aryl methyl sites for hydroxylation is 1. The Morgan fingerprint density at radius 3 is 3.08 bits per heavy atom. The van der Waals surface area contributed by atoms with Gasteiger partial charge in [-0.05, 0) is 25.7 Å². The molecule has 1 saturated carbocycles. The standard InChI is InChI=1S/C10H13NOS/c12-9(8-4-5-8)2-1-3-10-11-6-7-13-10/h6-8H,1-5H2. The highest BCUT2D eigenvalue weighted by atomic mass is 32.1. The van der Waals surface area contributed by atoms with Crippen LogP contribution in [0.4, 0.5) is 0 Å². The van der Waals surface area contributed by atoms with E-state index in [1.54, 1.807) is 11.3 Å². The number of rotatable bonds is 5. The van der Waals surface area contributed by atoms with E-state index in [4.69, 9.17) is 0 Å². The van der Waals surface area contributed by atoms with Crippen LogP contribution < -0.4 is 0 Å². The van der Waals surface area contributed by atoms with Crippen LogP contribution in [0, 0.1) is 5.92 Å². The lowest BCUT2D eigenvalue weighted by Crippen LogP contribution is -2.00. The van der Waals surface area contributed by atoms with E-state index >= 15 is 0 Å². The van der Waals surface area contributed by atoms with Crippen LogP contribution in [-0.2, 0) is 11.2 Å². The summed E-state index contributed by atoms with van der Waals surface area (Å²) in [4.78, 5) is 15.5. The Balaban J connectivity index is 1.66. The summed E-state index contributed by atoms with van der Waals surface area (Å²) in [5.41, 5.74) is 0. The monoisotopic (exact) mass is 195 g/mol. The molecule has 70 valence electrons. The third kappa shape index (κ3) is 2.62. The quantitative estimate of drug-likeness (QED) is 0.722. The van der Waals surface area contributed by atoms with Crippen molar-refractivity contribution in [3.63, 3.8) is 0 Å². The van der Waals surface area contributed by atoms with Gasteiger partial charge >= 0.3 is 0 Å². The van der Waals surface area contributed by atoms with Crippen molar-refractivity contribution in [1.29, 1.82) is 0 Å². The zero-order valence-corrected chi connectivity index (χ0v) is 8.35. The van der Waals surface area contributed by atoms with Crippen LogP contribution in [0.15, 0.2) is 11.6 Å². The molecule has 0 bridgehead atoms. The Hall–Kier alpha value is -0.700. The molecular weight excluding hydrogens is 182 g/mol. The zero-order chi connectivity index (χ0) is 9.10. The van der Waals surface area contributed by atoms with Gasteiger partial charge in [-0.2, -0.15) is 0 Å². The summed E-state index contributed by atoms with van der Waals surface area (Å²) in [6.45, 7) is 0. The van der Waals surface area contributed by atoms with Gasteiger partial charge in [0.25, 0.3) is 0 Å². The average molecular weight is 195 g/mol. The topological polar surface area (TPSA) is 30.0 Å². The lowest BCUT2D eigenvalue weighted by molar-refractivity contribution is -0.120. The first kappa shape index (κ1) is 8.88. The predicted molar refractivity (Wildman–Crippen MR) is 52.8 cm³/mol. The van der Waals surface area contributed by atoms with Crippen molar-refractivity contribution < 1.29 is 4.79 Å². The SMILES string of the molecule is O=C(CCCc1nccs1)C1CC1. The van der Waals surface area contributed by atoms with Crippen molar-refractivity contribution in [2.75, 3.05) is 0 Å². The summed E-state index contributed by atoms with van der Waals surface area (Å²) in [6, 6.07) is 0. The Morgan fingerprint density at radius 1 is 1.62 bits per heavy atom. The molecule has 0 saturated heterocycles. The maximum Gasteiger partial charge on any atom is 0.135 e. The molecule has 0 aromatic carbocycles. The van der Waals surface area contributed by atoms with Crippen LogP contribution in [0.5, 0.6) is 0 Å². The van der Waals surface area contributed by atoms with Crippen LogP contribution in [0.1, 0.15) is 30.7 Å². The first-order valence-electron chi connectivity index (χ1n) is 4.77. The third-order valence-electron chi connectivity index (χ3n) is 2.33. The van der Waals surface area contributed by atoms with E-state index in [9.17, 15) is 4.79 Å². The van der Waals surface area contributed by atoms with Crippen LogP contribution in [0.2, 0.25) is 0 Å². The molecule has 0 radical (unpaired) electrons. The minimum Gasteiger partial charge on any atom is -0.299 e. The molecule has 2 rings (SSSR count). The van der Waals surface area contributed by atoms with Gasteiger partial charge in [0.15, 0.2) is 0 Å². The summed E-state index contributed by atoms with van der Waals surface area (Å²) in [5.74, 6) is 0.896. The molecule has 1 aromatic heterocycles. The summed E-state index contributed by atoms with van der Waals surface area (Å²) in [6.07, 6.45) is 6.79. The number of carbonyl (C=O) groups is 1. The molecular formula is C10H13NOS. The molecule has 0 N–H and O–H groups in total. The molecule has 0 unspecified atom stereocenters. The largest absolute Gasteiger partial charge is 0.299 e. The number of carbonyl (C=O) groups excluding carboxylic acids is 1. The molecule has 13 heavy (non-hydrogen) atoms. The Labute approximate surface area is 82.0 Å². The predicted octanol–water partition coefficient (Wildman–Crippen LogP) is 2.44. The maximum atomic E-state index is 11.3. The van der Waals surface area contributed by atoms with Crippen LogP contribution in [0.3, 0.4) is 0 Å². The number of nitrogens with zero attached hydrogens (tertiary/aromatic N) is 1. The van der Waals surface area contributed by atoms with Crippen molar-refractivity contribution in [2.24, 2.45) is 5.92 Å². The van der Waals surface area contributed by atoms with Crippen molar-refractivity contribution in [1.82, 2.24) is 4.98 Å². The highest BCUT2D eigenvalue weighted by molar-refractivity contribution is 7.09. The van der Waals surface area contributed by atoms with Gasteiger partial charge in [-0.25, -0.2) is 4.98 Å². The molecule has 1 aliphatic rings. The van der Waals surface area contributed by atoms with E-state index in [0.717, 1.165) is 37.1 Å². The number of aromatic nitrogens is 1. The van der Waals surface area contributed by atoms with Crippen LogP contribution in [0.25, 0.3) is 0 Å². The summed E-state index contributed by atoms with van der Waals surface area (Å²) in [5, 5.41) is 3.14. The lowest BCUT2D eigenvalue weighted by atomic mass is 10.1. The molecule has 1 fully saturated rings. The van der Waals surface area contributed by atoms with Gasteiger partial charge in [0.1, 0.15) is 5.78 Å². The Kier molecular flexibility index (Phi) is 2.74. The van der Waals surface area contributed by atoms with Crippen molar-refractivity contribution in [3.8, 4) is 0 Å². The number of Topliss-reactive ketones (excluding diaryl/α,β-unsaturated/α-hetero) is 1. The van der Waals surface area contributed by atoms with Crippen LogP contribution in [-0.4, -0.2) is 10.8 Å². The first-order valence-corrected chi connectivity index (χ1v) is 5.65. The summed E-state index contributed by atoms with van der Waals surface area (Å²) in [7, 11) is 0. The van der Waals surface area contributed by atoms with E-state index in [2.05, 4.69) is 4.98 Å². The van der Waals surface area contributed by atoms with Gasteiger partial charge in [-0.15, -0.1) is 11.3 Å². The molecule has 0 amide bonds. The highest BCUT2D eigenvalue weighted by Crippen LogP contribution is 2.31. The fraction of sp³-hybridized carbons (Fsp3) is 0.600. The molecule has 0 atom stereocenters. The van der Waals surface area contributed by atoms with Gasteiger partial charge < -0.3 is 0 Å². The Morgan fingerprint density at radius 2 is 2.46 bits per heavy atom. The maximum absolute atomic E-state index is 11.3. The summed E-state index contributed by atoms with van der Waals surface area (Å²) >= 11 is 1.68. The molecule has 1 aromatic rings. The van der Waals surface area contributed by atoms with Gasteiger partial charge in [-0.3, -0.25) is 4.79 Å². The van der Waals surface area contributed by atoms with Gasteiger partial charge in [0.2, 0.25) is 0 Å². The fourth-order valence-corrected chi connectivity index (χ4v) is 2.06. The van der Waals surface area contributed by atoms with E-state index in [0.29, 0.717) is 11.7 Å². The third-order valence-corrected chi connectivity index (χ3v) is 3.17. The second-order valence-corrected chi connectivity index (χ2v) is 4.50. The van der Waals surface area contributed by atoms with E-state index in [1.807, 2.05) is 11.6 Å². The van der Waals surface area contributed by atoms with Crippen molar-refractivity contribution >= 4 is 17.1 Å². The minimum atomic E-state index is 0.427. The number of thiazole rings is 1. The molecule has 0 spiro atoms. The van der Waals surface area contributed by atoms with E-state index < -0.39 is 0 Å². The lowest BCUT2D eigenvalue weighted by Gasteiger charge is -1.96. The zero-order valence-electron chi connectivity index (χ0n) is 7.53. The number of hydrogen-bond donors (Lipinski definition) is 0. The van der Waals surface area contributed by atoms with Gasteiger partial charge in [0.05, 0.1) is 5.01 Å². The van der Waals surface area contributed by atoms with Gasteiger partial charge in [-0.1, -0.05) is 0 Å². The smallest absolute Gasteiger partial charge is 0.135 e. The second-order valence-electron chi connectivity index (χ2n) is 3.52. The minimum absolute atomic E-state index is 0.427. The first-order chi connectivity index (χ1) is 6.36. The van der Waals surface area contributed by atoms with Crippen LogP contribution >= 0.6 is 11.3 Å². The summed E-state index contributed by atoms with van der Waals surface area (Å²) < 4.78 is 0. The van der Waals surface area contributed by atoms with Gasteiger partial charge in [0, 0.05) is 23.9 Å². The molecule has 2 nitrogen and oxygen atoms in total. The Bertz CT molecular complexity index is 277. The molecule has 1 aliphatic carbocycles. The molecule has 1 heterocycles. The number of ketones is 1. The highest BCUT2D eigenvalue weighted by Gasteiger charge is 2.28. The second kappa shape index (κ2) is 4.01. The number of hydrogen-bond acceptors (Lipinski definition) is 3. The van der Waals surface area contributed by atoms with Crippen molar-refractivity contribution in [2.45, 2.75) is 32.1 Å². The van der Waals surface area contributed by atoms with E-state index in [-0.39, 0.29) is 0 Å². The normalized spacial score (nSPS) is 16.0. The fourth-order valence-electron chi connectivity index (χ4n) is 1.40. The van der Waals surface area contributed by atoms with Crippen molar-refractivity contribution in [3.05, 3.63) is 16.6 Å². The van der Waals surface area contributed by atoms with E-state index in [1.165, 1.54) is 0 Å². The average Bonchev–Trinajstić information content (AvgIpc) is 2.86. The molecule has 3 heteroatoms. The molecule has 0 aliphatic heterocycles.